The third kappa shape index (κ3) is 9.34. The van der Waals surface area contributed by atoms with Crippen molar-refractivity contribution in [2.75, 3.05) is 13.2 Å². The number of aliphatic hydroxyl groups excluding tert-OH is 2. The lowest BCUT2D eigenvalue weighted by Gasteiger charge is -2.71. The monoisotopic (exact) mass is 1280 g/mol. The second-order valence-electron chi connectivity index (χ2n) is 36.3. The number of esters is 2. The van der Waals surface area contributed by atoms with Crippen LogP contribution in [0, 0.1) is 112 Å². The van der Waals surface area contributed by atoms with Crippen LogP contribution in [0.4, 0.5) is 0 Å². The number of fused-ring (bicyclic) bond motifs is 14. The van der Waals surface area contributed by atoms with E-state index in [1.54, 1.807) is 0 Å². The summed E-state index contributed by atoms with van der Waals surface area (Å²) in [5.41, 5.74) is -3.66. The van der Waals surface area contributed by atoms with Gasteiger partial charge >= 0.3 is 23.9 Å². The number of allylic oxidation sites excluding steroid dienone is 2. The van der Waals surface area contributed by atoms with Crippen LogP contribution in [0.5, 0.6) is 23.0 Å². The smallest absolute Gasteiger partial charge is 0.312 e. The summed E-state index contributed by atoms with van der Waals surface area (Å²) in [5, 5.41) is 90.3. The Morgan fingerprint density at radius 2 is 0.828 bits per heavy atom. The minimum atomic E-state index is -1.49. The number of aliphatic hydroxyl groups is 2. The van der Waals surface area contributed by atoms with Crippen molar-refractivity contribution in [3.8, 4) is 23.0 Å². The number of ether oxygens (including phenoxy) is 3. The zero-order valence-electron chi connectivity index (χ0n) is 57.5. The highest BCUT2D eigenvalue weighted by Crippen LogP contribution is 2.79. The van der Waals surface area contributed by atoms with Crippen molar-refractivity contribution < 1.29 is 74.2 Å². The lowest BCUT2D eigenvalue weighted by molar-refractivity contribution is -0.219. The number of carboxylic acid groups (broad SMARTS) is 2. The number of hydrogen-bond donors (Lipinski definition) is 8. The summed E-state index contributed by atoms with van der Waals surface area (Å²) in [5.74, 6) is -8.04. The van der Waals surface area contributed by atoms with Gasteiger partial charge in [0.05, 0.1) is 35.2 Å². The second-order valence-corrected chi connectivity index (χ2v) is 36.3. The summed E-state index contributed by atoms with van der Waals surface area (Å²) in [6.07, 6.45) is 14.2. The van der Waals surface area contributed by atoms with Crippen molar-refractivity contribution in [3.05, 3.63) is 70.8 Å². The first-order valence-electron chi connectivity index (χ1n) is 35.6. The molecular formula is C78H108O15. The predicted octanol–water partition coefficient (Wildman–Crippen LogP) is 15.1. The van der Waals surface area contributed by atoms with E-state index in [1.165, 1.54) is 36.4 Å². The number of phenolic OH excluding ortho intramolecular Hbond substituents is 4. The standard InChI is InChI=1S/C78H108O15/c1-67(2)29-31-75(65(87)88)33-35-77(45(47(75)39-67)15-19-55-71(9)25-23-57(83)69(5,6)53(71)21-27-73(55,77)11)41-91-63(85)59-60(62(44-14-18-50(80)52(82)38-44)93-61(59)43-13-17-49(79)51(81)37-43)64(86)92-42-78-36-34-76(66(89)90)32-30-68(3,4)40-48(76)46(78)16-20-56-72(10)26-24-58(84)70(7,8)54(72)22-28-74(56,78)12/h13-18,37-38,47-48,53-62,79-84H,19-36,39-42H2,1-12H3,(H,87,88)(H,89,90)/t47-,48-,53-,54-,55+,56+,57-,58-,59+,60+,61-,62+,71-,72-,73+,74+,75-,76-,77-,78-/m0/s1. The molecule has 0 unspecified atom stereocenters. The number of phenols is 4. The van der Waals surface area contributed by atoms with Crippen molar-refractivity contribution in [2.45, 2.75) is 236 Å². The van der Waals surface area contributed by atoms with Crippen LogP contribution in [0.1, 0.15) is 235 Å². The fourth-order valence-corrected chi connectivity index (χ4v) is 25.3. The van der Waals surface area contributed by atoms with Gasteiger partial charge in [0.15, 0.2) is 23.0 Å². The van der Waals surface area contributed by atoms with Gasteiger partial charge in [0.2, 0.25) is 0 Å². The van der Waals surface area contributed by atoms with Gasteiger partial charge in [-0.3, -0.25) is 19.2 Å². The molecule has 2 aromatic rings. The molecule has 0 bridgehead atoms. The number of carbonyl (C=O) groups excluding carboxylic acids is 2. The first kappa shape index (κ1) is 66.5. The molecule has 0 amide bonds. The number of aliphatic carboxylic acids is 2. The number of benzene rings is 2. The Kier molecular flexibility index (Phi) is 15.5. The average Bonchev–Trinajstić information content (AvgIpc) is 1.07. The Labute approximate surface area is 550 Å². The van der Waals surface area contributed by atoms with Crippen LogP contribution in [0.25, 0.3) is 0 Å². The normalized spacial score (nSPS) is 44.7. The zero-order valence-corrected chi connectivity index (χ0v) is 57.5. The molecule has 13 rings (SSSR count). The van der Waals surface area contributed by atoms with E-state index in [0.717, 1.165) is 75.4 Å². The molecule has 2 aromatic carbocycles. The zero-order chi connectivity index (χ0) is 67.2. The Hall–Kier alpha value is -5.12. The lowest BCUT2D eigenvalue weighted by atomic mass is 9.33. The van der Waals surface area contributed by atoms with Crippen LogP contribution < -0.4 is 0 Å². The van der Waals surface area contributed by atoms with Gasteiger partial charge in [0.25, 0.3) is 0 Å². The highest BCUT2D eigenvalue weighted by atomic mass is 16.6. The highest BCUT2D eigenvalue weighted by Gasteiger charge is 2.74. The van der Waals surface area contributed by atoms with Crippen molar-refractivity contribution >= 4 is 23.9 Å². The molecular weight excluding hydrogens is 1180 g/mol. The topological polar surface area (TPSA) is 258 Å². The van der Waals surface area contributed by atoms with Crippen LogP contribution in [0.2, 0.25) is 0 Å². The van der Waals surface area contributed by atoms with E-state index < -0.39 is 116 Å². The maximum absolute atomic E-state index is 16.5. The Morgan fingerprint density at radius 1 is 0.462 bits per heavy atom. The quantitative estimate of drug-likeness (QED) is 0.0625. The van der Waals surface area contributed by atoms with Crippen LogP contribution in [-0.4, -0.2) is 90.2 Å². The third-order valence-electron chi connectivity index (χ3n) is 30.9. The fourth-order valence-electron chi connectivity index (χ4n) is 25.3. The van der Waals surface area contributed by atoms with Crippen LogP contribution in [0.15, 0.2) is 59.7 Å². The maximum Gasteiger partial charge on any atom is 0.312 e. The summed E-state index contributed by atoms with van der Waals surface area (Å²) >= 11 is 0. The van der Waals surface area contributed by atoms with E-state index in [-0.39, 0.29) is 92.3 Å². The molecule has 15 nitrogen and oxygen atoms in total. The highest BCUT2D eigenvalue weighted by molar-refractivity contribution is 5.85. The van der Waals surface area contributed by atoms with Gasteiger partial charge in [-0.2, -0.15) is 0 Å². The van der Waals surface area contributed by atoms with E-state index >= 15 is 9.59 Å². The molecule has 1 aliphatic heterocycles. The summed E-state index contributed by atoms with van der Waals surface area (Å²) in [7, 11) is 0. The molecule has 8 N–H and O–H groups in total. The molecule has 0 aromatic heterocycles. The molecule has 510 valence electrons. The second kappa shape index (κ2) is 21.7. The SMILES string of the molecule is CC1(C)CC[C@]2(C(=O)O)CC[C@]3(COC(=O)[C@@H]4[C@@H](C(=O)OC[C@@]56CC[C@@]7(C(=O)O)CCC(C)(C)C[C@H]7C5=CC[C@@H]5[C@@]7(C)CC[C@H](O)C(C)(C)[C@@H]7CC[C@]56C)[C@H](c5ccc(O)c(O)c5)O[C@@H]4c4ccc(O)c(O)c4)C(=CC[C@@H]4[C@@]5(C)CC[C@H](O)C(C)(C)[C@@H]5CC[C@]43C)[C@@H]2C1. The van der Waals surface area contributed by atoms with Gasteiger partial charge in [0, 0.05) is 10.8 Å². The summed E-state index contributed by atoms with van der Waals surface area (Å²) in [6, 6.07) is 8.31. The Balaban J connectivity index is 0.928. The molecule has 15 heteroatoms. The third-order valence-corrected chi connectivity index (χ3v) is 30.9. The Bertz CT molecular complexity index is 3230. The summed E-state index contributed by atoms with van der Waals surface area (Å²) in [6.45, 7) is 27.0. The molecule has 1 saturated heterocycles. The molecule has 0 spiro atoms. The summed E-state index contributed by atoms with van der Waals surface area (Å²) < 4.78 is 21.3. The number of aromatic hydroxyl groups is 4. The van der Waals surface area contributed by atoms with Crippen molar-refractivity contribution in [2.24, 2.45) is 112 Å². The first-order chi connectivity index (χ1) is 43.4. The summed E-state index contributed by atoms with van der Waals surface area (Å²) in [4.78, 5) is 61.1. The maximum atomic E-state index is 16.5. The van der Waals surface area contributed by atoms with E-state index in [9.17, 15) is 50.4 Å². The Morgan fingerprint density at radius 3 is 1.18 bits per heavy atom. The van der Waals surface area contributed by atoms with E-state index in [1.807, 2.05) is 0 Å². The molecule has 9 fully saturated rings. The fraction of sp³-hybridized carbons (Fsp3) is 0.744. The van der Waals surface area contributed by atoms with E-state index in [2.05, 4.69) is 95.2 Å². The first-order valence-corrected chi connectivity index (χ1v) is 35.6. The lowest BCUT2D eigenvalue weighted by Crippen LogP contribution is -2.66. The van der Waals surface area contributed by atoms with Gasteiger partial charge in [-0.05, 0) is 243 Å². The average molecular weight is 1290 g/mol. The van der Waals surface area contributed by atoms with Crippen LogP contribution in [-0.2, 0) is 33.4 Å². The van der Waals surface area contributed by atoms with Crippen molar-refractivity contribution in [1.82, 2.24) is 0 Å². The van der Waals surface area contributed by atoms with Crippen molar-refractivity contribution in [3.63, 3.8) is 0 Å². The van der Waals surface area contributed by atoms with Gasteiger partial charge in [-0.15, -0.1) is 0 Å². The van der Waals surface area contributed by atoms with Gasteiger partial charge in [-0.1, -0.05) is 119 Å². The molecule has 10 aliphatic carbocycles. The van der Waals surface area contributed by atoms with E-state index in [0.29, 0.717) is 64.2 Å². The number of hydrogen-bond acceptors (Lipinski definition) is 13. The molecule has 8 saturated carbocycles. The molecule has 20 atom stereocenters. The molecule has 1 heterocycles. The molecule has 0 radical (unpaired) electrons. The predicted molar refractivity (Wildman–Crippen MR) is 349 cm³/mol. The van der Waals surface area contributed by atoms with Crippen molar-refractivity contribution in [1.29, 1.82) is 0 Å². The minimum absolute atomic E-state index is 0.0808. The van der Waals surface area contributed by atoms with Crippen LogP contribution in [0.3, 0.4) is 0 Å². The number of carboxylic acids is 2. The molecule has 93 heavy (non-hydrogen) atoms. The molecule has 11 aliphatic rings. The number of rotatable bonds is 10. The van der Waals surface area contributed by atoms with Gasteiger partial charge in [0.1, 0.15) is 25.0 Å². The van der Waals surface area contributed by atoms with Gasteiger partial charge < -0.3 is 55.1 Å². The van der Waals surface area contributed by atoms with E-state index in [4.69, 9.17) is 14.2 Å². The minimum Gasteiger partial charge on any atom is -0.504 e. The van der Waals surface area contributed by atoms with Crippen LogP contribution >= 0.6 is 0 Å². The largest absolute Gasteiger partial charge is 0.504 e. The number of carbonyl (C=O) groups is 4. The van der Waals surface area contributed by atoms with Gasteiger partial charge in [-0.25, -0.2) is 0 Å².